The number of carbonyl (C=O) groups excluding carboxylic acids is 1. The third-order valence-corrected chi connectivity index (χ3v) is 6.00. The van der Waals surface area contributed by atoms with Gasteiger partial charge in [0.05, 0.1) is 30.4 Å². The van der Waals surface area contributed by atoms with E-state index in [4.69, 9.17) is 27.3 Å². The number of aromatic nitrogens is 4. The van der Waals surface area contributed by atoms with E-state index in [0.717, 1.165) is 5.56 Å². The molecule has 0 bridgehead atoms. The van der Waals surface area contributed by atoms with Gasteiger partial charge in [-0.1, -0.05) is 24.3 Å². The Bertz CT molecular complexity index is 1260. The zero-order valence-corrected chi connectivity index (χ0v) is 19.4. The number of ketones is 1. The Morgan fingerprint density at radius 1 is 1.26 bits per heavy atom. The summed E-state index contributed by atoms with van der Waals surface area (Å²) in [6, 6.07) is 9.15. The van der Waals surface area contributed by atoms with Crippen molar-refractivity contribution in [3.05, 3.63) is 54.1 Å². The van der Waals surface area contributed by atoms with Crippen molar-refractivity contribution in [1.82, 2.24) is 24.4 Å². The number of aliphatic hydroxyl groups is 2. The van der Waals surface area contributed by atoms with Crippen LogP contribution in [0.15, 0.2) is 43.0 Å². The lowest BCUT2D eigenvalue weighted by atomic mass is 10.1. The quantitative estimate of drug-likeness (QED) is 0.359. The van der Waals surface area contributed by atoms with Crippen LogP contribution in [-0.2, 0) is 9.53 Å². The number of Topliss-reactive ketones (excluding diaryl/α,β-unsaturated/α-hetero) is 1. The maximum absolute atomic E-state index is 12.1. The largest absolute Gasteiger partial charge is 0.387 e. The van der Waals surface area contributed by atoms with Crippen molar-refractivity contribution in [2.24, 2.45) is 0 Å². The lowest BCUT2D eigenvalue weighted by Crippen LogP contribution is -2.42. The number of aliphatic hydroxyl groups excluding tert-OH is 2. The monoisotopic (exact) mass is 497 g/mol. The van der Waals surface area contributed by atoms with E-state index in [1.807, 2.05) is 24.3 Å². The number of halogens is 1. The number of anilines is 1. The van der Waals surface area contributed by atoms with Gasteiger partial charge in [0.2, 0.25) is 0 Å². The van der Waals surface area contributed by atoms with Gasteiger partial charge in [-0.05, 0) is 17.7 Å². The molecule has 12 heteroatoms. The Balaban J connectivity index is 1.47. The Morgan fingerprint density at radius 2 is 2.03 bits per heavy atom. The summed E-state index contributed by atoms with van der Waals surface area (Å²) in [5, 5.41) is 30.3. The summed E-state index contributed by atoms with van der Waals surface area (Å²) in [4.78, 5) is 26.1. The Morgan fingerprint density at radius 3 is 2.74 bits per heavy atom. The third-order valence-electron chi connectivity index (χ3n) is 5.70. The van der Waals surface area contributed by atoms with Gasteiger partial charge in [-0.15, -0.1) is 11.6 Å². The first-order valence-corrected chi connectivity index (χ1v) is 11.4. The molecule has 0 aliphatic carbocycles. The molecule has 11 nitrogen and oxygen atoms in total. The van der Waals surface area contributed by atoms with Crippen LogP contribution < -0.4 is 5.73 Å². The number of carbonyl (C=O) groups is 1. The van der Waals surface area contributed by atoms with Gasteiger partial charge in [0.15, 0.2) is 23.5 Å². The molecule has 35 heavy (non-hydrogen) atoms. The molecular formula is C23H24ClN7O4. The summed E-state index contributed by atoms with van der Waals surface area (Å²) in [6.45, 7) is 0.582. The van der Waals surface area contributed by atoms with Crippen LogP contribution in [0.5, 0.6) is 0 Å². The van der Waals surface area contributed by atoms with Crippen LogP contribution in [-0.4, -0.2) is 84.2 Å². The van der Waals surface area contributed by atoms with E-state index in [1.165, 1.54) is 17.2 Å². The van der Waals surface area contributed by atoms with Crippen molar-refractivity contribution in [2.75, 3.05) is 31.2 Å². The van der Waals surface area contributed by atoms with E-state index in [9.17, 15) is 15.0 Å². The van der Waals surface area contributed by atoms with Crippen molar-refractivity contribution < 1.29 is 19.7 Å². The topological polar surface area (TPSA) is 163 Å². The zero-order valence-electron chi connectivity index (χ0n) is 18.6. The third kappa shape index (κ3) is 5.48. The van der Waals surface area contributed by atoms with Crippen molar-refractivity contribution >= 4 is 40.4 Å². The molecule has 4 N–H and O–H groups in total. The minimum absolute atomic E-state index is 0.0479. The zero-order chi connectivity index (χ0) is 24.9. The molecule has 3 aromatic rings. The molecule has 182 valence electrons. The molecule has 1 aliphatic rings. The number of nitrogen functional groups attached to an aromatic ring is 1. The van der Waals surface area contributed by atoms with Crippen LogP contribution >= 0.6 is 11.6 Å². The molecule has 1 fully saturated rings. The fraction of sp³-hybridized carbons (Fsp3) is 0.348. The molecule has 0 saturated carbocycles. The van der Waals surface area contributed by atoms with Gasteiger partial charge < -0.3 is 20.7 Å². The molecule has 0 amide bonds. The molecule has 0 spiro atoms. The van der Waals surface area contributed by atoms with Gasteiger partial charge in [-0.25, -0.2) is 15.0 Å². The second-order valence-corrected chi connectivity index (χ2v) is 8.40. The maximum atomic E-state index is 12.1. The summed E-state index contributed by atoms with van der Waals surface area (Å²) in [7, 11) is 0. The molecule has 4 rings (SSSR count). The summed E-state index contributed by atoms with van der Waals surface area (Å²) in [5.74, 6) is -0.133. The van der Waals surface area contributed by atoms with Gasteiger partial charge in [-0.3, -0.25) is 14.3 Å². The number of hydrogen-bond donors (Lipinski definition) is 3. The van der Waals surface area contributed by atoms with Gasteiger partial charge in [0, 0.05) is 13.1 Å². The minimum Gasteiger partial charge on any atom is -0.387 e. The average molecular weight is 498 g/mol. The van der Waals surface area contributed by atoms with Crippen LogP contribution in [0.3, 0.4) is 0 Å². The molecule has 3 heterocycles. The van der Waals surface area contributed by atoms with E-state index in [0.29, 0.717) is 23.3 Å². The van der Waals surface area contributed by atoms with Crippen LogP contribution in [0.1, 0.15) is 17.4 Å². The fourth-order valence-corrected chi connectivity index (χ4v) is 4.01. The number of imidazole rings is 1. The highest BCUT2D eigenvalue weighted by Gasteiger charge is 2.44. The Labute approximate surface area is 206 Å². The highest BCUT2D eigenvalue weighted by Crippen LogP contribution is 2.32. The van der Waals surface area contributed by atoms with Crippen LogP contribution in [0.25, 0.3) is 17.2 Å². The van der Waals surface area contributed by atoms with Gasteiger partial charge in [-0.2, -0.15) is 5.26 Å². The van der Waals surface area contributed by atoms with Crippen molar-refractivity contribution in [3.8, 4) is 6.07 Å². The summed E-state index contributed by atoms with van der Waals surface area (Å²) in [5.41, 5.74) is 8.03. The van der Waals surface area contributed by atoms with Gasteiger partial charge in [0.1, 0.15) is 30.2 Å². The van der Waals surface area contributed by atoms with E-state index < -0.39 is 24.5 Å². The summed E-state index contributed by atoms with van der Waals surface area (Å²) in [6.07, 6.45) is 2.22. The summed E-state index contributed by atoms with van der Waals surface area (Å²) >= 11 is 5.71. The lowest BCUT2D eigenvalue weighted by Gasteiger charge is -2.24. The number of alkyl halides is 1. The van der Waals surface area contributed by atoms with Crippen molar-refractivity contribution in [2.45, 2.75) is 24.5 Å². The number of rotatable bonds is 9. The smallest absolute Gasteiger partial charge is 0.167 e. The number of nitrogens with zero attached hydrogens (tertiary/aromatic N) is 6. The predicted molar refractivity (Wildman–Crippen MR) is 128 cm³/mol. The minimum atomic E-state index is -1.26. The van der Waals surface area contributed by atoms with E-state index in [-0.39, 0.29) is 30.6 Å². The molecule has 0 radical (unpaired) electrons. The first-order chi connectivity index (χ1) is 16.9. The fourth-order valence-electron chi connectivity index (χ4n) is 3.92. The first kappa shape index (κ1) is 24.7. The Hall–Kier alpha value is -3.40. The molecule has 2 aromatic heterocycles. The highest BCUT2D eigenvalue weighted by atomic mass is 35.5. The highest BCUT2D eigenvalue weighted by molar-refractivity contribution is 6.27. The SMILES string of the molecule is N#Cc1ccc(/C=C/CN(CC(=O)CCl)C[C@H]2O[C@@H](n3cnc4c(N)ncnc43)[C@H](O)[C@@H]2O)cc1. The molecular weight excluding hydrogens is 474 g/mol. The molecule has 4 atom stereocenters. The van der Waals surface area contributed by atoms with Crippen molar-refractivity contribution in [3.63, 3.8) is 0 Å². The number of nitriles is 1. The Kier molecular flexibility index (Phi) is 7.70. The molecule has 1 aliphatic heterocycles. The van der Waals surface area contributed by atoms with Gasteiger partial charge in [0.25, 0.3) is 0 Å². The number of hydrogen-bond acceptors (Lipinski definition) is 10. The van der Waals surface area contributed by atoms with Crippen LogP contribution in [0, 0.1) is 11.3 Å². The average Bonchev–Trinajstić information content (AvgIpc) is 3.41. The lowest BCUT2D eigenvalue weighted by molar-refractivity contribution is -0.118. The second kappa shape index (κ2) is 10.9. The molecule has 1 saturated heterocycles. The predicted octanol–water partition coefficient (Wildman–Crippen LogP) is 0.723. The van der Waals surface area contributed by atoms with E-state index in [2.05, 4.69) is 21.0 Å². The normalized spacial score (nSPS) is 22.3. The number of fused-ring (bicyclic) bond motifs is 1. The van der Waals surface area contributed by atoms with Crippen LogP contribution in [0.4, 0.5) is 5.82 Å². The number of benzene rings is 1. The standard InChI is InChI=1S/C23H24ClN7O4/c24-8-16(32)10-30(7-1-2-14-3-5-15(9-25)6-4-14)11-17-19(33)20(34)23(35-17)31-13-29-18-21(26)27-12-28-22(18)31/h1-6,12-13,17,19-20,23,33-34H,7-8,10-11H2,(H2,26,27,28)/b2-1+/t17-,19-,20-,23-/m1/s1. The van der Waals surface area contributed by atoms with Crippen molar-refractivity contribution in [1.29, 1.82) is 5.26 Å². The van der Waals surface area contributed by atoms with Gasteiger partial charge >= 0.3 is 0 Å². The second-order valence-electron chi connectivity index (χ2n) is 8.13. The first-order valence-electron chi connectivity index (χ1n) is 10.8. The van der Waals surface area contributed by atoms with Crippen LogP contribution in [0.2, 0.25) is 0 Å². The number of ether oxygens (including phenoxy) is 1. The molecule has 0 unspecified atom stereocenters. The number of nitrogens with two attached hydrogens (primary N) is 1. The van der Waals surface area contributed by atoms with E-state index >= 15 is 0 Å². The summed E-state index contributed by atoms with van der Waals surface area (Å²) < 4.78 is 7.50. The molecule has 1 aromatic carbocycles. The van der Waals surface area contributed by atoms with E-state index in [1.54, 1.807) is 17.0 Å². The maximum Gasteiger partial charge on any atom is 0.167 e.